The molecule has 1 amide bonds. The average Bonchev–Trinajstić information content (AvgIpc) is 3.41. The summed E-state index contributed by atoms with van der Waals surface area (Å²) in [5.41, 5.74) is 0.969. The topological polar surface area (TPSA) is 44.4 Å². The molecule has 2 bridgehead atoms. The van der Waals surface area contributed by atoms with E-state index < -0.39 is 0 Å². The van der Waals surface area contributed by atoms with Gasteiger partial charge in [0.25, 0.3) is 0 Å². The number of fused-ring (bicyclic) bond motifs is 2. The molecule has 2 heterocycles. The second-order valence-electron chi connectivity index (χ2n) is 7.53. The third-order valence-corrected chi connectivity index (χ3v) is 6.16. The highest BCUT2D eigenvalue weighted by Crippen LogP contribution is 2.36. The lowest BCUT2D eigenvalue weighted by Gasteiger charge is -2.50. The molecule has 2 aliphatic heterocycles. The Morgan fingerprint density at radius 1 is 1.08 bits per heavy atom. The molecule has 0 spiro atoms. The highest BCUT2D eigenvalue weighted by Gasteiger charge is 2.41. The van der Waals surface area contributed by atoms with E-state index in [0.29, 0.717) is 18.1 Å². The minimum absolute atomic E-state index is 0.262. The number of nitrogens with zero attached hydrogens (tertiary/aromatic N) is 1. The molecular weight excluding hydrogens is 354 g/mol. The predicted octanol–water partition coefficient (Wildman–Crippen LogP) is 3.95. The van der Waals surface area contributed by atoms with Gasteiger partial charge in [-0.25, -0.2) is 0 Å². The maximum absolute atomic E-state index is 12.1. The van der Waals surface area contributed by atoms with Crippen molar-refractivity contribution >= 4 is 40.5 Å². The molecule has 1 aromatic carbocycles. The molecule has 0 aromatic heterocycles. The number of carbonyl (C=O) groups is 1. The lowest BCUT2D eigenvalue weighted by Crippen LogP contribution is -2.59. The first-order valence-corrected chi connectivity index (χ1v) is 10.0. The molecule has 1 unspecified atom stereocenters. The molecule has 2 saturated heterocycles. The predicted molar refractivity (Wildman–Crippen MR) is 105 cm³/mol. The number of halogens is 1. The Labute approximate surface area is 159 Å². The van der Waals surface area contributed by atoms with E-state index in [1.807, 2.05) is 24.3 Å². The number of piperidine rings is 2. The second kappa shape index (κ2) is 7.12. The summed E-state index contributed by atoms with van der Waals surface area (Å²) in [7, 11) is 0. The van der Waals surface area contributed by atoms with Crippen LogP contribution in [0.5, 0.6) is 0 Å². The Morgan fingerprint density at radius 3 is 2.32 bits per heavy atom. The summed E-state index contributed by atoms with van der Waals surface area (Å²) >= 11 is 11.7. The maximum atomic E-state index is 12.1. The van der Waals surface area contributed by atoms with Crippen molar-refractivity contribution in [1.29, 1.82) is 0 Å². The van der Waals surface area contributed by atoms with E-state index in [0.717, 1.165) is 54.3 Å². The number of anilines is 1. The minimum Gasteiger partial charge on any atom is -0.353 e. The average molecular weight is 378 g/mol. The first-order valence-electron chi connectivity index (χ1n) is 9.25. The van der Waals surface area contributed by atoms with Crippen LogP contribution in [0.2, 0.25) is 5.02 Å². The fraction of sp³-hybridized carbons (Fsp3) is 0.579. The molecule has 1 aromatic rings. The molecule has 134 valence electrons. The van der Waals surface area contributed by atoms with Crippen LogP contribution in [0.3, 0.4) is 0 Å². The second-order valence-corrected chi connectivity index (χ2v) is 8.36. The van der Waals surface area contributed by atoms with Crippen LogP contribution >= 0.6 is 23.8 Å². The van der Waals surface area contributed by atoms with Gasteiger partial charge in [-0.1, -0.05) is 11.6 Å². The van der Waals surface area contributed by atoms with Crippen LogP contribution < -0.4 is 10.6 Å². The summed E-state index contributed by atoms with van der Waals surface area (Å²) < 4.78 is 0. The fourth-order valence-corrected chi connectivity index (χ4v) is 4.76. The Morgan fingerprint density at radius 2 is 1.72 bits per heavy atom. The Hall–Kier alpha value is -1.33. The smallest absolute Gasteiger partial charge is 0.223 e. The highest BCUT2D eigenvalue weighted by molar-refractivity contribution is 7.80. The van der Waals surface area contributed by atoms with Gasteiger partial charge >= 0.3 is 0 Å². The number of benzene rings is 1. The monoisotopic (exact) mass is 377 g/mol. The molecule has 3 fully saturated rings. The van der Waals surface area contributed by atoms with Gasteiger partial charge in [-0.05, 0) is 81.4 Å². The van der Waals surface area contributed by atoms with Crippen LogP contribution in [0.4, 0.5) is 5.69 Å². The number of carbonyl (C=O) groups excluding carboxylic acids is 1. The van der Waals surface area contributed by atoms with Crippen molar-refractivity contribution < 1.29 is 4.79 Å². The molecule has 1 aliphatic carbocycles. The zero-order valence-electron chi connectivity index (χ0n) is 14.2. The van der Waals surface area contributed by atoms with Gasteiger partial charge in [-0.3, -0.25) is 4.79 Å². The summed E-state index contributed by atoms with van der Waals surface area (Å²) in [6.07, 6.45) is 7.66. The summed E-state index contributed by atoms with van der Waals surface area (Å²) in [4.78, 5) is 14.5. The van der Waals surface area contributed by atoms with Crippen molar-refractivity contribution in [1.82, 2.24) is 10.2 Å². The van der Waals surface area contributed by atoms with E-state index in [9.17, 15) is 4.79 Å². The van der Waals surface area contributed by atoms with Gasteiger partial charge in [0.2, 0.25) is 5.91 Å². The highest BCUT2D eigenvalue weighted by atomic mass is 35.5. The molecule has 0 radical (unpaired) electrons. The molecule has 2 N–H and O–H groups in total. The van der Waals surface area contributed by atoms with Crippen LogP contribution in [0.15, 0.2) is 24.3 Å². The van der Waals surface area contributed by atoms with Gasteiger partial charge in [0.05, 0.1) is 0 Å². The van der Waals surface area contributed by atoms with E-state index in [-0.39, 0.29) is 11.8 Å². The first-order chi connectivity index (χ1) is 12.1. The van der Waals surface area contributed by atoms with E-state index in [2.05, 4.69) is 15.5 Å². The van der Waals surface area contributed by atoms with Crippen molar-refractivity contribution in [3.05, 3.63) is 29.3 Å². The van der Waals surface area contributed by atoms with E-state index in [1.54, 1.807) is 0 Å². The zero-order chi connectivity index (χ0) is 17.4. The lowest BCUT2D eigenvalue weighted by atomic mass is 9.82. The third-order valence-electron chi connectivity index (χ3n) is 5.60. The summed E-state index contributed by atoms with van der Waals surface area (Å²) in [5.74, 6) is 0.545. The Kier molecular flexibility index (Phi) is 4.87. The van der Waals surface area contributed by atoms with Crippen molar-refractivity contribution in [2.24, 2.45) is 5.92 Å². The van der Waals surface area contributed by atoms with E-state index in [1.165, 1.54) is 6.42 Å². The van der Waals surface area contributed by atoms with Crippen LogP contribution in [0.1, 0.15) is 44.9 Å². The fourth-order valence-electron chi connectivity index (χ4n) is 4.22. The quantitative estimate of drug-likeness (QED) is 0.783. The van der Waals surface area contributed by atoms with E-state index >= 15 is 0 Å². The molecule has 6 heteroatoms. The van der Waals surface area contributed by atoms with Crippen LogP contribution in [-0.2, 0) is 4.79 Å². The first kappa shape index (κ1) is 17.1. The van der Waals surface area contributed by atoms with Gasteiger partial charge in [0.15, 0.2) is 5.11 Å². The van der Waals surface area contributed by atoms with Crippen LogP contribution in [0, 0.1) is 5.92 Å². The molecule has 4 rings (SSSR count). The van der Waals surface area contributed by atoms with E-state index in [4.69, 9.17) is 23.8 Å². The van der Waals surface area contributed by atoms with Gasteiger partial charge in [-0.2, -0.15) is 0 Å². The molecule has 1 saturated carbocycles. The SMILES string of the molecule is O=C(NC1C[C@H]2CCC[C@@H](C1)N2C(=S)Nc1ccc(Cl)cc1)C1CC1. The third kappa shape index (κ3) is 3.93. The summed E-state index contributed by atoms with van der Waals surface area (Å²) in [6.45, 7) is 0. The van der Waals surface area contributed by atoms with Gasteiger partial charge < -0.3 is 15.5 Å². The number of thiocarbonyl (C=S) groups is 1. The molecule has 3 aliphatic rings. The van der Waals surface area contributed by atoms with Gasteiger partial charge in [0.1, 0.15) is 0 Å². The zero-order valence-corrected chi connectivity index (χ0v) is 15.8. The number of hydrogen-bond acceptors (Lipinski definition) is 2. The lowest BCUT2D eigenvalue weighted by molar-refractivity contribution is -0.123. The van der Waals surface area contributed by atoms with Crippen molar-refractivity contribution in [2.45, 2.75) is 63.1 Å². The maximum Gasteiger partial charge on any atom is 0.223 e. The van der Waals surface area contributed by atoms with Crippen molar-refractivity contribution in [3.63, 3.8) is 0 Å². The standard InChI is InChI=1S/C19H24ClN3OS/c20-13-6-8-14(9-7-13)22-19(25)23-16-2-1-3-17(23)11-15(10-16)21-18(24)12-4-5-12/h6-9,12,15-17H,1-5,10-11H2,(H,21,24)(H,22,25)/t15?,16-,17+. The molecule has 25 heavy (non-hydrogen) atoms. The van der Waals surface area contributed by atoms with Crippen molar-refractivity contribution in [2.75, 3.05) is 5.32 Å². The van der Waals surface area contributed by atoms with Gasteiger partial charge in [0, 0.05) is 34.8 Å². The van der Waals surface area contributed by atoms with Crippen LogP contribution in [-0.4, -0.2) is 34.0 Å². The molecule has 3 atom stereocenters. The Bertz CT molecular complexity index is 647. The van der Waals surface area contributed by atoms with Gasteiger partial charge in [-0.15, -0.1) is 0 Å². The molecule has 4 nitrogen and oxygen atoms in total. The number of nitrogens with one attached hydrogen (secondary N) is 2. The largest absolute Gasteiger partial charge is 0.353 e. The van der Waals surface area contributed by atoms with Crippen molar-refractivity contribution in [3.8, 4) is 0 Å². The number of amides is 1. The minimum atomic E-state index is 0.262. The Balaban J connectivity index is 1.40. The van der Waals surface area contributed by atoms with Crippen LogP contribution in [0.25, 0.3) is 0 Å². The summed E-state index contributed by atoms with van der Waals surface area (Å²) in [6, 6.07) is 8.78. The number of hydrogen-bond donors (Lipinski definition) is 2. The number of rotatable bonds is 3. The molecular formula is C19H24ClN3OS. The normalized spacial score (nSPS) is 28.4. The summed E-state index contributed by atoms with van der Waals surface area (Å²) in [5, 5.41) is 8.16.